The molecular weight excluding hydrogens is 193 g/mol. The third kappa shape index (κ3) is 6.17. The van der Waals surface area contributed by atoms with Gasteiger partial charge in [0.15, 0.2) is 5.16 Å². The van der Waals surface area contributed by atoms with E-state index in [9.17, 15) is 4.39 Å². The molecule has 0 radical (unpaired) electrons. The first-order valence-corrected chi connectivity index (χ1v) is 3.11. The highest BCUT2D eigenvalue weighted by Gasteiger charge is 1.79. The van der Waals surface area contributed by atoms with Crippen LogP contribution in [-0.4, -0.2) is 4.62 Å². The molecule has 0 unspecified atom stereocenters. The van der Waals surface area contributed by atoms with Gasteiger partial charge < -0.3 is 0 Å². The molecule has 0 aliphatic carbocycles. The summed E-state index contributed by atoms with van der Waals surface area (Å²) in [5, 5.41) is -0.594. The van der Waals surface area contributed by atoms with Gasteiger partial charge in [-0.1, -0.05) is 0 Å². The van der Waals surface area contributed by atoms with Gasteiger partial charge in [-0.15, -0.1) is 12.6 Å². The Morgan fingerprint density at radius 3 is 2.50 bits per heavy atom. The molecule has 0 spiro atoms. The van der Waals surface area contributed by atoms with E-state index in [1.165, 1.54) is 0 Å². The van der Waals surface area contributed by atoms with Crippen LogP contribution in [0.4, 0.5) is 4.39 Å². The van der Waals surface area contributed by atoms with E-state index in [4.69, 9.17) is 0 Å². The normalized spacial score (nSPS) is 14.5. The van der Waals surface area contributed by atoms with Crippen molar-refractivity contribution in [1.29, 1.82) is 0 Å². The van der Waals surface area contributed by atoms with Crippen molar-refractivity contribution < 1.29 is 4.39 Å². The lowest BCUT2D eigenvalue weighted by Gasteiger charge is -1.79. The van der Waals surface area contributed by atoms with Crippen LogP contribution in [0, 0.1) is 0 Å². The second kappa shape index (κ2) is 4.09. The van der Waals surface area contributed by atoms with Crippen molar-refractivity contribution in [2.45, 2.75) is 6.92 Å². The molecule has 46 valence electrons. The molecule has 0 aliphatic heterocycles. The van der Waals surface area contributed by atoms with Gasteiger partial charge in [-0.3, -0.25) is 4.99 Å². The average molecular weight is 198 g/mol. The Kier molecular flexibility index (Phi) is 4.18. The van der Waals surface area contributed by atoms with E-state index >= 15 is 0 Å². The molecule has 0 aliphatic rings. The topological polar surface area (TPSA) is 12.4 Å². The van der Waals surface area contributed by atoms with Gasteiger partial charge in [0.05, 0.1) is 10.8 Å². The highest BCUT2D eigenvalue weighted by Crippen LogP contribution is 2.01. The van der Waals surface area contributed by atoms with Gasteiger partial charge in [-0.2, -0.15) is 4.39 Å². The fourth-order valence-corrected chi connectivity index (χ4v) is 0.302. The third-order valence-electron chi connectivity index (χ3n) is 0.349. The molecule has 8 heavy (non-hydrogen) atoms. The fourth-order valence-electron chi connectivity index (χ4n) is 0.142. The van der Waals surface area contributed by atoms with E-state index in [2.05, 4.69) is 33.6 Å². The van der Waals surface area contributed by atoms with Crippen LogP contribution in [0.15, 0.2) is 16.4 Å². The van der Waals surface area contributed by atoms with Crippen LogP contribution in [0.1, 0.15) is 6.92 Å². The molecule has 0 atom stereocenters. The van der Waals surface area contributed by atoms with Gasteiger partial charge in [0, 0.05) is 0 Å². The molecule has 4 heteroatoms. The molecule has 0 saturated heterocycles. The summed E-state index contributed by atoms with van der Waals surface area (Å²) in [6.07, 6.45) is 1.02. The molecule has 0 aromatic carbocycles. The minimum atomic E-state index is -0.594. The standard InChI is InChI=1S/C4H5BrFNS/c1-3(5)7-2-4(6)8/h2,8H,1H3/b4-2-,7-3+. The van der Waals surface area contributed by atoms with Gasteiger partial charge in [0.1, 0.15) is 0 Å². The van der Waals surface area contributed by atoms with Gasteiger partial charge in [0.2, 0.25) is 0 Å². The zero-order valence-electron chi connectivity index (χ0n) is 4.23. The molecule has 0 fully saturated rings. The lowest BCUT2D eigenvalue weighted by Crippen LogP contribution is -1.68. The zero-order valence-corrected chi connectivity index (χ0v) is 6.71. The molecule has 0 aromatic heterocycles. The lowest BCUT2D eigenvalue weighted by molar-refractivity contribution is 0.699. The Bertz CT molecular complexity index is 108. The fraction of sp³-hybridized carbons (Fsp3) is 0.250. The molecule has 0 aromatic rings. The van der Waals surface area contributed by atoms with Crippen molar-refractivity contribution in [3.63, 3.8) is 0 Å². The van der Waals surface area contributed by atoms with E-state index in [0.717, 1.165) is 6.20 Å². The molecule has 0 N–H and O–H groups in total. The van der Waals surface area contributed by atoms with E-state index in [1.807, 2.05) is 0 Å². The van der Waals surface area contributed by atoms with E-state index in [1.54, 1.807) is 6.92 Å². The molecule has 0 heterocycles. The molecule has 0 bridgehead atoms. The van der Waals surface area contributed by atoms with Crippen LogP contribution in [0.25, 0.3) is 0 Å². The summed E-state index contributed by atoms with van der Waals surface area (Å²) in [6.45, 7) is 1.70. The van der Waals surface area contributed by atoms with E-state index in [-0.39, 0.29) is 0 Å². The highest BCUT2D eigenvalue weighted by atomic mass is 79.9. The summed E-state index contributed by atoms with van der Waals surface area (Å²) in [4.78, 5) is 3.54. The number of rotatable bonds is 1. The molecule has 1 nitrogen and oxygen atoms in total. The Hall–Kier alpha value is 0.170. The summed E-state index contributed by atoms with van der Waals surface area (Å²) in [5.74, 6) is 0. The molecule has 0 amide bonds. The quantitative estimate of drug-likeness (QED) is 0.491. The zero-order chi connectivity index (χ0) is 6.57. The van der Waals surface area contributed by atoms with Crippen molar-refractivity contribution in [3.05, 3.63) is 11.4 Å². The van der Waals surface area contributed by atoms with Crippen molar-refractivity contribution in [2.24, 2.45) is 4.99 Å². The van der Waals surface area contributed by atoms with Crippen LogP contribution in [0.3, 0.4) is 0 Å². The number of thiol groups is 1. The van der Waals surface area contributed by atoms with Crippen molar-refractivity contribution in [3.8, 4) is 0 Å². The number of hydrogen-bond donors (Lipinski definition) is 1. The number of halogens is 2. The van der Waals surface area contributed by atoms with Gasteiger partial charge >= 0.3 is 0 Å². The monoisotopic (exact) mass is 197 g/mol. The largest absolute Gasteiger partial charge is 0.251 e. The van der Waals surface area contributed by atoms with Crippen LogP contribution in [-0.2, 0) is 0 Å². The second-order valence-electron chi connectivity index (χ2n) is 1.08. The van der Waals surface area contributed by atoms with Crippen molar-refractivity contribution in [2.75, 3.05) is 0 Å². The van der Waals surface area contributed by atoms with E-state index < -0.39 is 5.16 Å². The summed E-state index contributed by atoms with van der Waals surface area (Å²) >= 11 is 6.35. The predicted molar refractivity (Wildman–Crippen MR) is 40.2 cm³/mol. The number of hydrogen-bond acceptors (Lipinski definition) is 2. The Labute approximate surface area is 61.2 Å². The first-order valence-electron chi connectivity index (χ1n) is 1.87. The van der Waals surface area contributed by atoms with Gasteiger partial charge in [-0.05, 0) is 22.9 Å². The first-order chi connectivity index (χ1) is 3.63. The molecular formula is C4H5BrFNS. The summed E-state index contributed by atoms with van der Waals surface area (Å²) < 4.78 is 12.3. The summed E-state index contributed by atoms with van der Waals surface area (Å²) in [7, 11) is 0. The second-order valence-corrected chi connectivity index (χ2v) is 2.65. The van der Waals surface area contributed by atoms with Gasteiger partial charge in [-0.25, -0.2) is 0 Å². The SMILES string of the molecule is C/C(Br)=N\C=C(\F)S. The Morgan fingerprint density at radius 1 is 1.88 bits per heavy atom. The number of nitrogens with zero attached hydrogens (tertiary/aromatic N) is 1. The maximum absolute atomic E-state index is 11.7. The van der Waals surface area contributed by atoms with Crippen LogP contribution in [0.2, 0.25) is 0 Å². The smallest absolute Gasteiger partial charge is 0.171 e. The summed E-state index contributed by atoms with van der Waals surface area (Å²) in [5.41, 5.74) is 0. The van der Waals surface area contributed by atoms with Crippen molar-refractivity contribution in [1.82, 2.24) is 0 Å². The Balaban J connectivity index is 3.76. The van der Waals surface area contributed by atoms with Crippen LogP contribution in [0.5, 0.6) is 0 Å². The van der Waals surface area contributed by atoms with Crippen molar-refractivity contribution >= 4 is 33.2 Å². The lowest BCUT2D eigenvalue weighted by atomic mass is 10.8. The van der Waals surface area contributed by atoms with E-state index in [0.29, 0.717) is 4.62 Å². The number of aliphatic imine (C=N–C) groups is 1. The van der Waals surface area contributed by atoms with Gasteiger partial charge in [0.25, 0.3) is 0 Å². The minimum absolute atomic E-state index is 0.594. The third-order valence-corrected chi connectivity index (χ3v) is 0.669. The summed E-state index contributed by atoms with van der Waals surface area (Å²) in [6, 6.07) is 0. The van der Waals surface area contributed by atoms with Crippen LogP contribution < -0.4 is 0 Å². The maximum atomic E-state index is 11.7. The predicted octanol–water partition coefficient (Wildman–Crippen LogP) is 2.50. The van der Waals surface area contributed by atoms with Crippen LogP contribution >= 0.6 is 28.6 Å². The Morgan fingerprint density at radius 2 is 2.38 bits per heavy atom. The molecule has 0 saturated carbocycles. The average Bonchev–Trinajstić information content (AvgIpc) is 1.61. The highest BCUT2D eigenvalue weighted by molar-refractivity contribution is 9.18. The minimum Gasteiger partial charge on any atom is -0.251 e. The first kappa shape index (κ1) is 8.17. The maximum Gasteiger partial charge on any atom is 0.171 e. The molecule has 0 rings (SSSR count).